The molecule has 0 unspecified atom stereocenters. The normalized spacial score (nSPS) is 41.6. The third-order valence-electron chi connectivity index (χ3n) is 5.86. The summed E-state index contributed by atoms with van der Waals surface area (Å²) in [6, 6.07) is 0. The highest BCUT2D eigenvalue weighted by Crippen LogP contribution is 2.60. The molecule has 1 aromatic rings. The van der Waals surface area contributed by atoms with Gasteiger partial charge < -0.3 is 5.73 Å². The lowest BCUT2D eigenvalue weighted by molar-refractivity contribution is -0.00509. The van der Waals surface area contributed by atoms with Crippen LogP contribution in [0.1, 0.15) is 49.4 Å². The maximum Gasteiger partial charge on any atom is 0.0825 e. The summed E-state index contributed by atoms with van der Waals surface area (Å²) in [6.45, 7) is 2.04. The average Bonchev–Trinajstić information content (AvgIpc) is 2.54. The molecule has 98 valence electrons. The summed E-state index contributed by atoms with van der Waals surface area (Å²) in [5, 5.41) is 4.53. The van der Waals surface area contributed by atoms with Crippen molar-refractivity contribution in [3.05, 3.63) is 11.4 Å². The average molecular weight is 245 g/mol. The number of hydrogen-bond acceptors (Lipinski definition) is 2. The van der Waals surface area contributed by atoms with Crippen LogP contribution in [0.3, 0.4) is 0 Å². The molecule has 4 aliphatic rings. The van der Waals surface area contributed by atoms with E-state index in [1.807, 2.05) is 6.92 Å². The van der Waals surface area contributed by atoms with E-state index in [9.17, 15) is 0 Å². The number of nitrogens with two attached hydrogens (primary N) is 1. The van der Waals surface area contributed by atoms with Crippen LogP contribution >= 0.6 is 0 Å². The molecule has 4 aliphatic carbocycles. The molecule has 0 aromatic carbocycles. The van der Waals surface area contributed by atoms with E-state index in [1.165, 1.54) is 37.8 Å². The van der Waals surface area contributed by atoms with Crippen LogP contribution in [0.15, 0.2) is 0 Å². The molecule has 0 spiro atoms. The summed E-state index contributed by atoms with van der Waals surface area (Å²) in [6.07, 6.45) is 7.30. The Morgan fingerprint density at radius 3 is 2.06 bits per heavy atom. The summed E-state index contributed by atoms with van der Waals surface area (Å²) in [5.41, 5.74) is 9.63. The zero-order valence-corrected chi connectivity index (χ0v) is 11.4. The van der Waals surface area contributed by atoms with E-state index >= 15 is 0 Å². The van der Waals surface area contributed by atoms with Gasteiger partial charge in [-0.3, -0.25) is 4.68 Å². The summed E-state index contributed by atoms with van der Waals surface area (Å²) in [7, 11) is 2.07. The van der Waals surface area contributed by atoms with Crippen molar-refractivity contribution in [1.82, 2.24) is 9.78 Å². The first-order chi connectivity index (χ1) is 8.63. The first-order valence-corrected chi connectivity index (χ1v) is 7.42. The number of nitrogen functional groups attached to an aromatic ring is 1. The number of nitrogens with zero attached hydrogens (tertiary/aromatic N) is 2. The summed E-state index contributed by atoms with van der Waals surface area (Å²) >= 11 is 0. The fourth-order valence-electron chi connectivity index (χ4n) is 5.46. The zero-order chi connectivity index (χ0) is 12.4. The Bertz CT molecular complexity index is 460. The van der Waals surface area contributed by atoms with Crippen molar-refractivity contribution in [2.75, 3.05) is 5.73 Å². The van der Waals surface area contributed by atoms with Crippen LogP contribution < -0.4 is 5.73 Å². The second kappa shape index (κ2) is 3.52. The van der Waals surface area contributed by atoms with Crippen molar-refractivity contribution in [1.29, 1.82) is 0 Å². The third-order valence-corrected chi connectivity index (χ3v) is 5.86. The standard InChI is InChI=1S/C15H23N3/c1-8-14(16)15(18(2)17-8)13-11-4-9-3-10(6-11)7-12(13)5-9/h9-13H,3-7,16H2,1-2H3. The number of rotatable bonds is 1. The Morgan fingerprint density at radius 1 is 1.06 bits per heavy atom. The molecule has 1 heterocycles. The van der Waals surface area contributed by atoms with Crippen LogP contribution in [0, 0.1) is 30.6 Å². The van der Waals surface area contributed by atoms with E-state index in [2.05, 4.69) is 16.8 Å². The zero-order valence-electron chi connectivity index (χ0n) is 11.4. The first kappa shape index (κ1) is 10.9. The lowest BCUT2D eigenvalue weighted by Gasteiger charge is -2.54. The van der Waals surface area contributed by atoms with Gasteiger partial charge in [0.1, 0.15) is 0 Å². The fraction of sp³-hybridized carbons (Fsp3) is 0.800. The SMILES string of the molecule is Cc1nn(C)c(C2C3CC4CC(C3)CC2C4)c1N. The van der Waals surface area contributed by atoms with Crippen molar-refractivity contribution >= 4 is 5.69 Å². The smallest absolute Gasteiger partial charge is 0.0825 e. The number of aromatic nitrogens is 2. The summed E-state index contributed by atoms with van der Waals surface area (Å²) in [4.78, 5) is 0. The Morgan fingerprint density at radius 2 is 1.61 bits per heavy atom. The van der Waals surface area contributed by atoms with Gasteiger partial charge >= 0.3 is 0 Å². The van der Waals surface area contributed by atoms with Gasteiger partial charge in [0.15, 0.2) is 0 Å². The van der Waals surface area contributed by atoms with Gasteiger partial charge in [-0.25, -0.2) is 0 Å². The van der Waals surface area contributed by atoms with Crippen molar-refractivity contribution in [3.8, 4) is 0 Å². The minimum absolute atomic E-state index is 0.698. The Labute approximate surface area is 109 Å². The molecule has 4 fully saturated rings. The second-order valence-corrected chi connectivity index (χ2v) is 6.96. The lowest BCUT2D eigenvalue weighted by atomic mass is 9.51. The van der Waals surface area contributed by atoms with E-state index in [-0.39, 0.29) is 0 Å². The minimum Gasteiger partial charge on any atom is -0.396 e. The number of hydrogen-bond donors (Lipinski definition) is 1. The Balaban J connectivity index is 1.76. The topological polar surface area (TPSA) is 43.8 Å². The van der Waals surface area contributed by atoms with Gasteiger partial charge in [-0.15, -0.1) is 0 Å². The van der Waals surface area contributed by atoms with Gasteiger partial charge in [0.05, 0.1) is 17.1 Å². The molecule has 0 saturated heterocycles. The van der Waals surface area contributed by atoms with E-state index in [0.29, 0.717) is 5.92 Å². The predicted octanol–water partition coefficient (Wildman–Crippen LogP) is 2.85. The van der Waals surface area contributed by atoms with E-state index in [4.69, 9.17) is 5.73 Å². The van der Waals surface area contributed by atoms with Gasteiger partial charge in [0, 0.05) is 13.0 Å². The predicted molar refractivity (Wildman–Crippen MR) is 72.1 cm³/mol. The lowest BCUT2D eigenvalue weighted by Crippen LogP contribution is -2.44. The molecule has 3 nitrogen and oxygen atoms in total. The Kier molecular flexibility index (Phi) is 2.13. The van der Waals surface area contributed by atoms with Gasteiger partial charge in [-0.05, 0) is 62.7 Å². The molecular formula is C15H23N3. The molecule has 3 heteroatoms. The van der Waals surface area contributed by atoms with Crippen LogP contribution in [-0.4, -0.2) is 9.78 Å². The van der Waals surface area contributed by atoms with Gasteiger partial charge in [0.2, 0.25) is 0 Å². The molecule has 0 radical (unpaired) electrons. The van der Waals surface area contributed by atoms with Crippen LogP contribution in [0.5, 0.6) is 0 Å². The fourth-order valence-corrected chi connectivity index (χ4v) is 5.46. The maximum atomic E-state index is 6.30. The van der Waals surface area contributed by atoms with E-state index in [0.717, 1.165) is 35.1 Å². The first-order valence-electron chi connectivity index (χ1n) is 7.42. The highest BCUT2D eigenvalue weighted by Gasteiger charge is 2.50. The minimum atomic E-state index is 0.698. The van der Waals surface area contributed by atoms with Crippen LogP contribution in [0.25, 0.3) is 0 Å². The van der Waals surface area contributed by atoms with Gasteiger partial charge in [0.25, 0.3) is 0 Å². The molecule has 1 aromatic heterocycles. The van der Waals surface area contributed by atoms with Crippen molar-refractivity contribution in [2.45, 2.75) is 44.9 Å². The molecule has 0 amide bonds. The van der Waals surface area contributed by atoms with E-state index < -0.39 is 0 Å². The summed E-state index contributed by atoms with van der Waals surface area (Å²) < 4.78 is 2.07. The molecular weight excluding hydrogens is 222 g/mol. The molecule has 5 rings (SSSR count). The maximum absolute atomic E-state index is 6.30. The molecule has 18 heavy (non-hydrogen) atoms. The summed E-state index contributed by atoms with van der Waals surface area (Å²) in [5.74, 6) is 4.53. The molecule has 4 saturated carbocycles. The van der Waals surface area contributed by atoms with Gasteiger partial charge in [-0.2, -0.15) is 5.10 Å². The Hall–Kier alpha value is -0.990. The second-order valence-electron chi connectivity index (χ2n) is 6.96. The third kappa shape index (κ3) is 1.33. The van der Waals surface area contributed by atoms with Crippen LogP contribution in [-0.2, 0) is 7.05 Å². The number of aryl methyl sites for hydroxylation is 2. The molecule has 0 aliphatic heterocycles. The van der Waals surface area contributed by atoms with Crippen molar-refractivity contribution in [2.24, 2.45) is 30.7 Å². The quantitative estimate of drug-likeness (QED) is 0.826. The highest BCUT2D eigenvalue weighted by molar-refractivity contribution is 5.50. The molecule has 0 atom stereocenters. The van der Waals surface area contributed by atoms with Crippen LogP contribution in [0.4, 0.5) is 5.69 Å². The number of anilines is 1. The largest absolute Gasteiger partial charge is 0.396 e. The molecule has 4 bridgehead atoms. The monoisotopic (exact) mass is 245 g/mol. The van der Waals surface area contributed by atoms with Crippen molar-refractivity contribution < 1.29 is 0 Å². The van der Waals surface area contributed by atoms with Gasteiger partial charge in [-0.1, -0.05) is 0 Å². The molecule has 2 N–H and O–H groups in total. The van der Waals surface area contributed by atoms with Crippen LogP contribution in [0.2, 0.25) is 0 Å². The highest BCUT2D eigenvalue weighted by atomic mass is 15.3. The van der Waals surface area contributed by atoms with E-state index in [1.54, 1.807) is 0 Å². The van der Waals surface area contributed by atoms with Crippen molar-refractivity contribution in [3.63, 3.8) is 0 Å².